The second kappa shape index (κ2) is 4.96. The summed E-state index contributed by atoms with van der Waals surface area (Å²) in [6.45, 7) is 2.58. The van der Waals surface area contributed by atoms with Crippen LogP contribution < -0.4 is 0 Å². The van der Waals surface area contributed by atoms with Crippen molar-refractivity contribution in [3.63, 3.8) is 0 Å². The molecule has 0 aromatic heterocycles. The van der Waals surface area contributed by atoms with Crippen LogP contribution in [0.25, 0.3) is 0 Å². The van der Waals surface area contributed by atoms with Crippen LogP contribution in [0.4, 0.5) is 0 Å². The van der Waals surface area contributed by atoms with Crippen molar-refractivity contribution in [2.24, 2.45) is 11.3 Å². The van der Waals surface area contributed by atoms with Gasteiger partial charge >= 0.3 is 5.97 Å². The van der Waals surface area contributed by atoms with Crippen LogP contribution in [0.5, 0.6) is 0 Å². The molecule has 0 aromatic carbocycles. The van der Waals surface area contributed by atoms with Gasteiger partial charge in [0.2, 0.25) is 10.0 Å². The zero-order valence-corrected chi connectivity index (χ0v) is 12.5. The molecule has 2 heterocycles. The summed E-state index contributed by atoms with van der Waals surface area (Å²) in [7, 11) is -1.93. The summed E-state index contributed by atoms with van der Waals surface area (Å²) in [6, 6.07) is 0. The highest BCUT2D eigenvalue weighted by Gasteiger charge is 2.50. The van der Waals surface area contributed by atoms with Crippen LogP contribution >= 0.6 is 0 Å². The minimum absolute atomic E-state index is 0.0402. The zero-order valence-electron chi connectivity index (χ0n) is 11.7. The monoisotopic (exact) mass is 303 g/mol. The van der Waals surface area contributed by atoms with E-state index in [0.717, 1.165) is 19.4 Å². The van der Waals surface area contributed by atoms with E-state index < -0.39 is 15.3 Å². The van der Waals surface area contributed by atoms with Crippen LogP contribution in [0.1, 0.15) is 25.7 Å². The summed E-state index contributed by atoms with van der Waals surface area (Å²) >= 11 is 0. The standard InChI is InChI=1S/C13H21NO5S/c1-18-12(15)10-6-11(7-10)20(16,17)14-4-2-13(8-14)3-5-19-9-13/h10-11H,2-9H2,1H3. The van der Waals surface area contributed by atoms with Crippen LogP contribution in [-0.4, -0.2) is 57.4 Å². The van der Waals surface area contributed by atoms with Crippen LogP contribution in [-0.2, 0) is 24.3 Å². The van der Waals surface area contributed by atoms with Gasteiger partial charge in [0.25, 0.3) is 0 Å². The molecule has 1 atom stereocenters. The van der Waals surface area contributed by atoms with Gasteiger partial charge in [-0.05, 0) is 25.7 Å². The molecule has 0 radical (unpaired) electrons. The third kappa shape index (κ3) is 2.25. The third-order valence-corrected chi connectivity index (χ3v) is 7.26. The van der Waals surface area contributed by atoms with E-state index in [-0.39, 0.29) is 17.3 Å². The Balaban J connectivity index is 1.61. The Hall–Kier alpha value is -0.660. The van der Waals surface area contributed by atoms with E-state index in [1.165, 1.54) is 7.11 Å². The molecule has 2 aliphatic heterocycles. The maximum Gasteiger partial charge on any atom is 0.308 e. The van der Waals surface area contributed by atoms with E-state index in [0.29, 0.717) is 32.5 Å². The molecule has 0 N–H and O–H groups in total. The molecule has 3 aliphatic rings. The maximum absolute atomic E-state index is 12.5. The molecule has 20 heavy (non-hydrogen) atoms. The van der Waals surface area contributed by atoms with E-state index in [4.69, 9.17) is 4.74 Å². The van der Waals surface area contributed by atoms with Gasteiger partial charge in [0, 0.05) is 25.1 Å². The highest BCUT2D eigenvalue weighted by molar-refractivity contribution is 7.89. The molecule has 7 heteroatoms. The average molecular weight is 303 g/mol. The van der Waals surface area contributed by atoms with Gasteiger partial charge in [-0.1, -0.05) is 0 Å². The van der Waals surface area contributed by atoms with Gasteiger partial charge in [0.05, 0.1) is 24.9 Å². The number of sulfonamides is 1. The second-order valence-electron chi connectivity index (χ2n) is 6.24. The molecule has 6 nitrogen and oxygen atoms in total. The van der Waals surface area contributed by atoms with Gasteiger partial charge in [0.1, 0.15) is 0 Å². The predicted molar refractivity (Wildman–Crippen MR) is 71.5 cm³/mol. The molecule has 0 amide bonds. The van der Waals surface area contributed by atoms with Crippen molar-refractivity contribution in [3.8, 4) is 0 Å². The Morgan fingerprint density at radius 2 is 2.10 bits per heavy atom. The molecule has 0 bridgehead atoms. The maximum atomic E-state index is 12.5. The summed E-state index contributed by atoms with van der Waals surface area (Å²) in [4.78, 5) is 11.3. The number of nitrogens with zero attached hydrogens (tertiary/aromatic N) is 1. The summed E-state index contributed by atoms with van der Waals surface area (Å²) in [6.07, 6.45) is 2.64. The van der Waals surface area contributed by atoms with Crippen molar-refractivity contribution in [2.75, 3.05) is 33.4 Å². The highest BCUT2D eigenvalue weighted by atomic mass is 32.2. The highest BCUT2D eigenvalue weighted by Crippen LogP contribution is 2.42. The number of ether oxygens (including phenoxy) is 2. The van der Waals surface area contributed by atoms with E-state index >= 15 is 0 Å². The Bertz CT molecular complexity index is 491. The van der Waals surface area contributed by atoms with Crippen LogP contribution in [0, 0.1) is 11.3 Å². The normalized spacial score (nSPS) is 38.0. The second-order valence-corrected chi connectivity index (χ2v) is 8.46. The van der Waals surface area contributed by atoms with Gasteiger partial charge in [-0.25, -0.2) is 12.7 Å². The Morgan fingerprint density at radius 1 is 1.35 bits per heavy atom. The Kier molecular flexibility index (Phi) is 3.54. The Labute approximate surface area is 119 Å². The van der Waals surface area contributed by atoms with Gasteiger partial charge in [0.15, 0.2) is 0 Å². The summed E-state index contributed by atoms with van der Waals surface area (Å²) in [5, 5.41) is -0.413. The quantitative estimate of drug-likeness (QED) is 0.705. The number of hydrogen-bond donors (Lipinski definition) is 0. The molecule has 1 saturated carbocycles. The lowest BCUT2D eigenvalue weighted by Crippen LogP contribution is -2.47. The first-order valence-electron chi connectivity index (χ1n) is 7.11. The lowest BCUT2D eigenvalue weighted by Gasteiger charge is -2.35. The topological polar surface area (TPSA) is 72.9 Å². The largest absolute Gasteiger partial charge is 0.469 e. The first-order valence-corrected chi connectivity index (χ1v) is 8.62. The first kappa shape index (κ1) is 14.3. The average Bonchev–Trinajstić information content (AvgIpc) is 2.98. The lowest BCUT2D eigenvalue weighted by molar-refractivity contribution is -0.148. The van der Waals surface area contributed by atoms with Crippen LogP contribution in [0.3, 0.4) is 0 Å². The van der Waals surface area contributed by atoms with Gasteiger partial charge in [-0.15, -0.1) is 0 Å². The molecule has 1 spiro atoms. The fourth-order valence-electron chi connectivity index (χ4n) is 3.46. The van der Waals surface area contributed by atoms with Crippen molar-refractivity contribution < 1.29 is 22.7 Å². The summed E-state index contributed by atoms with van der Waals surface area (Å²) in [5.74, 6) is -0.537. The third-order valence-electron chi connectivity index (χ3n) is 5.00. The molecule has 3 fully saturated rings. The number of carbonyl (C=O) groups excluding carboxylic acids is 1. The van der Waals surface area contributed by atoms with Crippen molar-refractivity contribution in [1.82, 2.24) is 4.31 Å². The molecule has 0 aromatic rings. The van der Waals surface area contributed by atoms with Crippen LogP contribution in [0.2, 0.25) is 0 Å². The minimum Gasteiger partial charge on any atom is -0.469 e. The van der Waals surface area contributed by atoms with E-state index in [1.807, 2.05) is 0 Å². The van der Waals surface area contributed by atoms with E-state index in [2.05, 4.69) is 4.74 Å². The Morgan fingerprint density at radius 3 is 2.70 bits per heavy atom. The van der Waals surface area contributed by atoms with Gasteiger partial charge < -0.3 is 9.47 Å². The smallest absolute Gasteiger partial charge is 0.308 e. The number of methoxy groups -OCH3 is 1. The molecule has 1 unspecified atom stereocenters. The summed E-state index contributed by atoms with van der Waals surface area (Å²) < 4.78 is 36.8. The molecular weight excluding hydrogens is 282 g/mol. The zero-order chi connectivity index (χ0) is 14.4. The van der Waals surface area contributed by atoms with E-state index in [1.54, 1.807) is 4.31 Å². The lowest BCUT2D eigenvalue weighted by atomic mass is 9.85. The fraction of sp³-hybridized carbons (Fsp3) is 0.923. The van der Waals surface area contributed by atoms with Gasteiger partial charge in [-0.3, -0.25) is 4.79 Å². The van der Waals surface area contributed by atoms with Crippen molar-refractivity contribution >= 4 is 16.0 Å². The van der Waals surface area contributed by atoms with Gasteiger partial charge in [-0.2, -0.15) is 0 Å². The molecular formula is C13H21NO5S. The van der Waals surface area contributed by atoms with Crippen molar-refractivity contribution in [1.29, 1.82) is 0 Å². The van der Waals surface area contributed by atoms with E-state index in [9.17, 15) is 13.2 Å². The number of esters is 1. The number of hydrogen-bond acceptors (Lipinski definition) is 5. The molecule has 114 valence electrons. The van der Waals surface area contributed by atoms with Crippen LogP contribution in [0.15, 0.2) is 0 Å². The molecule has 3 rings (SSSR count). The SMILES string of the molecule is COC(=O)C1CC(S(=O)(=O)N2CCC3(CCOC3)C2)C1. The number of rotatable bonds is 3. The molecule has 1 aliphatic carbocycles. The fourth-order valence-corrected chi connectivity index (χ4v) is 5.63. The minimum atomic E-state index is -3.27. The van der Waals surface area contributed by atoms with Crippen molar-refractivity contribution in [2.45, 2.75) is 30.9 Å². The van der Waals surface area contributed by atoms with Crippen molar-refractivity contribution in [3.05, 3.63) is 0 Å². The number of carbonyl (C=O) groups is 1. The first-order chi connectivity index (χ1) is 9.47. The summed E-state index contributed by atoms with van der Waals surface area (Å²) in [5.41, 5.74) is 0.0402. The molecule has 2 saturated heterocycles. The predicted octanol–water partition coefficient (Wildman–Crippen LogP) is 0.380.